The van der Waals surface area contributed by atoms with Crippen molar-refractivity contribution in [3.8, 4) is 0 Å². The molecule has 0 bridgehead atoms. The standard InChI is InChI=1S/C20H28FN5OS/c1-14-15(2)28-19(25-14)6-7-23-20(22-3)24-13-16-4-5-18(17(21)12-16)26-8-10-27-11-9-26/h4-5,12H,6-11,13H2,1-3H3,(H2,22,23,24). The predicted molar refractivity (Wildman–Crippen MR) is 113 cm³/mol. The van der Waals surface area contributed by atoms with Gasteiger partial charge >= 0.3 is 0 Å². The minimum Gasteiger partial charge on any atom is -0.378 e. The third-order valence-electron chi connectivity index (χ3n) is 4.75. The van der Waals surface area contributed by atoms with Crippen molar-refractivity contribution in [3.63, 3.8) is 0 Å². The first-order valence-electron chi connectivity index (χ1n) is 9.55. The van der Waals surface area contributed by atoms with Gasteiger partial charge in [0, 0.05) is 44.5 Å². The zero-order valence-electron chi connectivity index (χ0n) is 16.7. The second-order valence-electron chi connectivity index (χ2n) is 6.74. The molecule has 1 aliphatic heterocycles. The fourth-order valence-corrected chi connectivity index (χ4v) is 3.99. The molecular formula is C20H28FN5OS. The van der Waals surface area contributed by atoms with E-state index in [2.05, 4.69) is 27.5 Å². The van der Waals surface area contributed by atoms with Crippen molar-refractivity contribution in [3.05, 3.63) is 45.2 Å². The van der Waals surface area contributed by atoms with Gasteiger partial charge in [-0.3, -0.25) is 4.99 Å². The van der Waals surface area contributed by atoms with Crippen LogP contribution in [0.4, 0.5) is 10.1 Å². The molecule has 0 radical (unpaired) electrons. The van der Waals surface area contributed by atoms with Gasteiger partial charge in [-0.25, -0.2) is 9.37 Å². The molecule has 0 unspecified atom stereocenters. The molecule has 152 valence electrons. The van der Waals surface area contributed by atoms with E-state index in [0.29, 0.717) is 31.4 Å². The molecule has 3 rings (SSSR count). The predicted octanol–water partition coefficient (Wildman–Crippen LogP) is 2.64. The minimum atomic E-state index is -0.196. The maximum absolute atomic E-state index is 14.5. The monoisotopic (exact) mass is 405 g/mol. The number of aryl methyl sites for hydroxylation is 2. The molecule has 0 amide bonds. The maximum Gasteiger partial charge on any atom is 0.191 e. The number of rotatable bonds is 6. The average molecular weight is 406 g/mol. The van der Waals surface area contributed by atoms with Crippen molar-refractivity contribution in [2.75, 3.05) is 44.8 Å². The Morgan fingerprint density at radius 2 is 2.07 bits per heavy atom. The Balaban J connectivity index is 1.48. The highest BCUT2D eigenvalue weighted by atomic mass is 32.1. The molecule has 2 N–H and O–H groups in total. The third-order valence-corrected chi connectivity index (χ3v) is 5.88. The third kappa shape index (κ3) is 5.42. The van der Waals surface area contributed by atoms with Gasteiger partial charge < -0.3 is 20.3 Å². The first-order valence-corrected chi connectivity index (χ1v) is 10.4. The van der Waals surface area contributed by atoms with Crippen molar-refractivity contribution >= 4 is 23.0 Å². The summed E-state index contributed by atoms with van der Waals surface area (Å²) in [6, 6.07) is 5.39. The summed E-state index contributed by atoms with van der Waals surface area (Å²) >= 11 is 1.73. The highest BCUT2D eigenvalue weighted by Crippen LogP contribution is 2.21. The summed E-state index contributed by atoms with van der Waals surface area (Å²) in [5.74, 6) is 0.501. The van der Waals surface area contributed by atoms with Crippen LogP contribution in [-0.4, -0.2) is 50.8 Å². The van der Waals surface area contributed by atoms with Gasteiger partial charge in [0.25, 0.3) is 0 Å². The van der Waals surface area contributed by atoms with Gasteiger partial charge in [0.2, 0.25) is 0 Å². The van der Waals surface area contributed by atoms with Gasteiger partial charge in [-0.05, 0) is 31.5 Å². The van der Waals surface area contributed by atoms with Crippen molar-refractivity contribution in [1.29, 1.82) is 0 Å². The van der Waals surface area contributed by atoms with E-state index in [1.165, 1.54) is 4.88 Å². The summed E-state index contributed by atoms with van der Waals surface area (Å²) in [6.07, 6.45) is 0.850. The Labute approximate surface area is 169 Å². The molecule has 2 heterocycles. The number of halogens is 1. The lowest BCUT2D eigenvalue weighted by molar-refractivity contribution is 0.122. The number of nitrogens with one attached hydrogen (secondary N) is 2. The molecule has 0 aliphatic carbocycles. The number of nitrogens with zero attached hydrogens (tertiary/aromatic N) is 3. The number of benzene rings is 1. The van der Waals surface area contributed by atoms with Gasteiger partial charge in [0.05, 0.1) is 29.6 Å². The molecule has 28 heavy (non-hydrogen) atoms. The summed E-state index contributed by atoms with van der Waals surface area (Å²) in [6.45, 7) is 8.12. The zero-order chi connectivity index (χ0) is 19.9. The number of ether oxygens (including phenoxy) is 1. The molecule has 1 aromatic heterocycles. The quantitative estimate of drug-likeness (QED) is 0.572. The van der Waals surface area contributed by atoms with Gasteiger partial charge in [-0.15, -0.1) is 11.3 Å². The lowest BCUT2D eigenvalue weighted by Crippen LogP contribution is -2.38. The van der Waals surface area contributed by atoms with Gasteiger partial charge in [-0.2, -0.15) is 0 Å². The smallest absolute Gasteiger partial charge is 0.191 e. The van der Waals surface area contributed by atoms with Crippen LogP contribution in [0.2, 0.25) is 0 Å². The van der Waals surface area contributed by atoms with Gasteiger partial charge in [0.15, 0.2) is 5.96 Å². The van der Waals surface area contributed by atoms with E-state index in [9.17, 15) is 4.39 Å². The normalized spacial score (nSPS) is 15.0. The second kappa shape index (κ2) is 9.84. The molecule has 1 aliphatic rings. The Kier molecular flexibility index (Phi) is 7.22. The van der Waals surface area contributed by atoms with E-state index in [-0.39, 0.29) is 5.82 Å². The molecule has 1 fully saturated rings. The topological polar surface area (TPSA) is 61.8 Å². The largest absolute Gasteiger partial charge is 0.378 e. The number of morpholine rings is 1. The molecule has 0 saturated carbocycles. The molecular weight excluding hydrogens is 377 g/mol. The number of aliphatic imine (C=N–C) groups is 1. The van der Waals surface area contributed by atoms with Crippen LogP contribution >= 0.6 is 11.3 Å². The lowest BCUT2D eigenvalue weighted by Gasteiger charge is -2.29. The fraction of sp³-hybridized carbons (Fsp3) is 0.500. The molecule has 8 heteroatoms. The van der Waals surface area contributed by atoms with E-state index in [1.807, 2.05) is 24.0 Å². The summed E-state index contributed by atoms with van der Waals surface area (Å²) < 4.78 is 19.8. The minimum absolute atomic E-state index is 0.196. The van der Waals surface area contributed by atoms with E-state index in [1.54, 1.807) is 24.5 Å². The lowest BCUT2D eigenvalue weighted by atomic mass is 10.1. The summed E-state index contributed by atoms with van der Waals surface area (Å²) in [7, 11) is 1.73. The molecule has 1 aromatic carbocycles. The maximum atomic E-state index is 14.5. The average Bonchev–Trinajstić information content (AvgIpc) is 3.02. The summed E-state index contributed by atoms with van der Waals surface area (Å²) in [5.41, 5.74) is 2.62. The Bertz CT molecular complexity index is 797. The number of aromatic nitrogens is 1. The molecule has 6 nitrogen and oxygen atoms in total. The molecule has 2 aromatic rings. The van der Waals surface area contributed by atoms with E-state index < -0.39 is 0 Å². The van der Waals surface area contributed by atoms with Crippen molar-refractivity contribution < 1.29 is 9.13 Å². The van der Waals surface area contributed by atoms with Crippen LogP contribution in [-0.2, 0) is 17.7 Å². The van der Waals surface area contributed by atoms with E-state index >= 15 is 0 Å². The van der Waals surface area contributed by atoms with Crippen LogP contribution in [0.5, 0.6) is 0 Å². The zero-order valence-corrected chi connectivity index (χ0v) is 17.5. The number of hydrogen-bond acceptors (Lipinski definition) is 5. The first kappa shape index (κ1) is 20.5. The molecule has 1 saturated heterocycles. The SMILES string of the molecule is CN=C(NCCc1nc(C)c(C)s1)NCc1ccc(N2CCOCC2)c(F)c1. The van der Waals surface area contributed by atoms with Crippen molar-refractivity contribution in [1.82, 2.24) is 15.6 Å². The van der Waals surface area contributed by atoms with Crippen molar-refractivity contribution in [2.24, 2.45) is 4.99 Å². The summed E-state index contributed by atoms with van der Waals surface area (Å²) in [4.78, 5) is 12.1. The number of guanidine groups is 1. The number of hydrogen-bond donors (Lipinski definition) is 2. The van der Waals surface area contributed by atoms with E-state index in [4.69, 9.17) is 4.74 Å². The molecule has 0 atom stereocenters. The molecule has 0 spiro atoms. The number of thiazole rings is 1. The Morgan fingerprint density at radius 1 is 1.29 bits per heavy atom. The van der Waals surface area contributed by atoms with Crippen LogP contribution in [0.3, 0.4) is 0 Å². The number of anilines is 1. The Morgan fingerprint density at radius 3 is 2.71 bits per heavy atom. The van der Waals surface area contributed by atoms with Crippen LogP contribution in [0, 0.1) is 19.7 Å². The van der Waals surface area contributed by atoms with Crippen LogP contribution in [0.25, 0.3) is 0 Å². The van der Waals surface area contributed by atoms with Crippen LogP contribution in [0.15, 0.2) is 23.2 Å². The van der Waals surface area contributed by atoms with Crippen molar-refractivity contribution in [2.45, 2.75) is 26.8 Å². The fourth-order valence-electron chi connectivity index (χ4n) is 3.06. The highest BCUT2D eigenvalue weighted by Gasteiger charge is 2.15. The van der Waals surface area contributed by atoms with Crippen LogP contribution < -0.4 is 15.5 Å². The second-order valence-corrected chi connectivity index (χ2v) is 8.02. The Hall–Kier alpha value is -2.19. The van der Waals surface area contributed by atoms with Gasteiger partial charge in [0.1, 0.15) is 5.82 Å². The summed E-state index contributed by atoms with van der Waals surface area (Å²) in [5, 5.41) is 7.64. The highest BCUT2D eigenvalue weighted by molar-refractivity contribution is 7.11. The van der Waals surface area contributed by atoms with Crippen LogP contribution in [0.1, 0.15) is 21.1 Å². The van der Waals surface area contributed by atoms with Gasteiger partial charge in [-0.1, -0.05) is 6.07 Å². The first-order chi connectivity index (χ1) is 13.6. The van der Waals surface area contributed by atoms with E-state index in [0.717, 1.165) is 42.3 Å².